The van der Waals surface area contributed by atoms with Crippen molar-refractivity contribution in [2.75, 3.05) is 0 Å². The van der Waals surface area contributed by atoms with Crippen LogP contribution in [0.2, 0.25) is 0 Å². The second kappa shape index (κ2) is 10.3. The normalized spacial score (nSPS) is 12.9. The van der Waals surface area contributed by atoms with Crippen LogP contribution in [0.5, 0.6) is 0 Å². The summed E-state index contributed by atoms with van der Waals surface area (Å²) in [6, 6.07) is 6.21. The summed E-state index contributed by atoms with van der Waals surface area (Å²) in [7, 11) is 0. The van der Waals surface area contributed by atoms with Crippen LogP contribution in [0.1, 0.15) is 32.3 Å². The number of ether oxygens (including phenoxy) is 1. The molecular weight excluding hydrogens is 340 g/mol. The van der Waals surface area contributed by atoms with Crippen molar-refractivity contribution in [1.29, 1.82) is 0 Å². The molecule has 0 aromatic heterocycles. The highest BCUT2D eigenvalue weighted by molar-refractivity contribution is 5.98. The number of carbonyl (C=O) groups is 4. The Balaban J connectivity index is 2.97. The van der Waals surface area contributed by atoms with Gasteiger partial charge in [0.15, 0.2) is 0 Å². The molecule has 1 unspecified atom stereocenters. The predicted molar refractivity (Wildman–Crippen MR) is 93.0 cm³/mol. The molecule has 2 atom stereocenters. The minimum atomic E-state index is -1.48. The van der Waals surface area contributed by atoms with E-state index in [1.807, 2.05) is 13.8 Å². The maximum atomic E-state index is 12.6. The van der Waals surface area contributed by atoms with Gasteiger partial charge in [0.2, 0.25) is 5.91 Å². The second-order valence-corrected chi connectivity index (χ2v) is 6.29. The molecule has 1 rings (SSSR count). The number of rotatable bonds is 9. The molecular formula is C18H24N2O6. The molecule has 0 fully saturated rings. The zero-order valence-corrected chi connectivity index (χ0v) is 14.8. The summed E-state index contributed by atoms with van der Waals surface area (Å²) in [6.07, 6.45) is -1.31. The monoisotopic (exact) mass is 364 g/mol. The fourth-order valence-electron chi connectivity index (χ4n) is 2.34. The summed E-state index contributed by atoms with van der Waals surface area (Å²) in [5, 5.41) is 8.94. The maximum Gasteiger partial charge on any atom is 0.417 e. The summed E-state index contributed by atoms with van der Waals surface area (Å²) in [4.78, 5) is 47.7. The zero-order chi connectivity index (χ0) is 19.7. The number of aldehydes is 1. The molecule has 0 spiro atoms. The lowest BCUT2D eigenvalue weighted by molar-refractivity contribution is -0.142. The molecule has 2 amide bonds. The fraction of sp³-hybridized carbons (Fsp3) is 0.444. The predicted octanol–water partition coefficient (Wildman–Crippen LogP) is 1.57. The number of nitrogens with two attached hydrogens (primary N) is 1. The van der Waals surface area contributed by atoms with E-state index < -0.39 is 36.5 Å². The third kappa shape index (κ3) is 6.64. The molecule has 0 saturated carbocycles. The number of benzene rings is 1. The highest BCUT2D eigenvalue weighted by atomic mass is 16.6. The molecule has 8 heteroatoms. The van der Waals surface area contributed by atoms with Gasteiger partial charge in [-0.3, -0.25) is 9.59 Å². The van der Waals surface area contributed by atoms with Gasteiger partial charge in [-0.15, -0.1) is 0 Å². The molecule has 3 N–H and O–H groups in total. The zero-order valence-electron chi connectivity index (χ0n) is 14.8. The van der Waals surface area contributed by atoms with Crippen LogP contribution in [0.25, 0.3) is 0 Å². The van der Waals surface area contributed by atoms with Gasteiger partial charge in [0, 0.05) is 0 Å². The van der Waals surface area contributed by atoms with E-state index in [4.69, 9.17) is 15.6 Å². The lowest BCUT2D eigenvalue weighted by atomic mass is 10.0. The summed E-state index contributed by atoms with van der Waals surface area (Å²) >= 11 is 0. The number of amides is 2. The van der Waals surface area contributed by atoms with E-state index in [2.05, 4.69) is 0 Å². The van der Waals surface area contributed by atoms with E-state index in [0.717, 1.165) is 0 Å². The van der Waals surface area contributed by atoms with Crippen molar-refractivity contribution in [2.45, 2.75) is 45.4 Å². The maximum absolute atomic E-state index is 12.6. The van der Waals surface area contributed by atoms with Crippen LogP contribution >= 0.6 is 0 Å². The van der Waals surface area contributed by atoms with Crippen molar-refractivity contribution < 1.29 is 29.0 Å². The van der Waals surface area contributed by atoms with Gasteiger partial charge < -0.3 is 20.4 Å². The van der Waals surface area contributed by atoms with Gasteiger partial charge in [0.25, 0.3) is 0 Å². The van der Waals surface area contributed by atoms with Crippen LogP contribution in [-0.2, 0) is 25.7 Å². The van der Waals surface area contributed by atoms with Gasteiger partial charge in [0.1, 0.15) is 18.9 Å². The van der Waals surface area contributed by atoms with E-state index in [0.29, 0.717) is 10.5 Å². The molecule has 0 aliphatic rings. The Kier molecular flexibility index (Phi) is 8.44. The fourth-order valence-corrected chi connectivity index (χ4v) is 2.34. The largest absolute Gasteiger partial charge is 0.481 e. The first-order chi connectivity index (χ1) is 12.3. The molecule has 1 aromatic rings. The minimum absolute atomic E-state index is 0.0743. The molecule has 26 heavy (non-hydrogen) atoms. The van der Waals surface area contributed by atoms with Crippen LogP contribution in [0.15, 0.2) is 30.3 Å². The lowest BCUT2D eigenvalue weighted by Crippen LogP contribution is -2.53. The Labute approximate surface area is 151 Å². The molecule has 0 saturated heterocycles. The number of carbonyl (C=O) groups excluding carboxylic acids is 3. The Morgan fingerprint density at radius 3 is 2.35 bits per heavy atom. The van der Waals surface area contributed by atoms with Crippen LogP contribution in [0.3, 0.4) is 0 Å². The summed E-state index contributed by atoms with van der Waals surface area (Å²) < 4.78 is 5.09. The smallest absolute Gasteiger partial charge is 0.417 e. The van der Waals surface area contributed by atoms with Crippen molar-refractivity contribution in [3.8, 4) is 0 Å². The molecule has 0 aliphatic heterocycles. The Morgan fingerprint density at radius 2 is 1.85 bits per heavy atom. The third-order valence-electron chi connectivity index (χ3n) is 3.55. The number of hydrogen-bond acceptors (Lipinski definition) is 6. The summed E-state index contributed by atoms with van der Waals surface area (Å²) in [5.74, 6) is -2.09. The van der Waals surface area contributed by atoms with Crippen molar-refractivity contribution in [2.24, 2.45) is 11.7 Å². The number of hydrogen-bond donors (Lipinski definition) is 2. The third-order valence-corrected chi connectivity index (χ3v) is 3.55. The number of imide groups is 1. The number of carboxylic acid groups (broad SMARTS) is 1. The standard InChI is InChI=1S/C18H24N2O6/c1-12(2)8-15(19)17(24)20(14(10-21)9-16(22)23)18(25)26-11-13-6-4-3-5-7-13/h3-7,10,12,14-15H,8-9,11,19H2,1-2H3,(H,22,23)/t14-,15?/m0/s1. The molecule has 8 nitrogen and oxygen atoms in total. The van der Waals surface area contributed by atoms with Crippen molar-refractivity contribution in [3.05, 3.63) is 35.9 Å². The quantitative estimate of drug-likeness (QED) is 0.637. The van der Waals surface area contributed by atoms with Crippen LogP contribution < -0.4 is 5.73 Å². The van der Waals surface area contributed by atoms with E-state index >= 15 is 0 Å². The summed E-state index contributed by atoms with van der Waals surface area (Å²) in [6.45, 7) is 3.57. The molecule has 0 aliphatic carbocycles. The van der Waals surface area contributed by atoms with E-state index in [1.54, 1.807) is 30.3 Å². The van der Waals surface area contributed by atoms with Crippen LogP contribution in [-0.4, -0.2) is 46.3 Å². The Morgan fingerprint density at radius 1 is 1.23 bits per heavy atom. The minimum Gasteiger partial charge on any atom is -0.481 e. The van der Waals surface area contributed by atoms with E-state index in [9.17, 15) is 19.2 Å². The van der Waals surface area contributed by atoms with E-state index in [1.165, 1.54) is 0 Å². The van der Waals surface area contributed by atoms with E-state index in [-0.39, 0.29) is 25.2 Å². The van der Waals surface area contributed by atoms with Gasteiger partial charge in [-0.05, 0) is 17.9 Å². The lowest BCUT2D eigenvalue weighted by Gasteiger charge is -2.27. The molecule has 1 aromatic carbocycles. The van der Waals surface area contributed by atoms with Crippen molar-refractivity contribution in [1.82, 2.24) is 4.90 Å². The Bertz CT molecular complexity index is 632. The van der Waals surface area contributed by atoms with Gasteiger partial charge in [-0.25, -0.2) is 9.69 Å². The van der Waals surface area contributed by atoms with Gasteiger partial charge in [0.05, 0.1) is 12.5 Å². The topological polar surface area (TPSA) is 127 Å². The van der Waals surface area contributed by atoms with Gasteiger partial charge in [-0.1, -0.05) is 44.2 Å². The Hall–Kier alpha value is -2.74. The van der Waals surface area contributed by atoms with Crippen LogP contribution in [0.4, 0.5) is 4.79 Å². The van der Waals surface area contributed by atoms with Gasteiger partial charge >= 0.3 is 12.1 Å². The second-order valence-electron chi connectivity index (χ2n) is 6.29. The first-order valence-electron chi connectivity index (χ1n) is 8.22. The van der Waals surface area contributed by atoms with Crippen molar-refractivity contribution in [3.63, 3.8) is 0 Å². The first kappa shape index (κ1) is 21.3. The highest BCUT2D eigenvalue weighted by Crippen LogP contribution is 2.13. The number of nitrogens with zero attached hydrogens (tertiary/aromatic N) is 1. The number of carboxylic acids is 1. The first-order valence-corrected chi connectivity index (χ1v) is 8.22. The van der Waals surface area contributed by atoms with Crippen molar-refractivity contribution >= 4 is 24.3 Å². The van der Waals surface area contributed by atoms with Crippen LogP contribution in [0, 0.1) is 5.92 Å². The molecule has 0 heterocycles. The number of aliphatic carboxylic acids is 1. The SMILES string of the molecule is CC(C)CC(N)C(=O)N(C(=O)OCc1ccccc1)[C@H](C=O)CC(=O)O. The molecule has 142 valence electrons. The highest BCUT2D eigenvalue weighted by Gasteiger charge is 2.35. The van der Waals surface area contributed by atoms with Gasteiger partial charge in [-0.2, -0.15) is 0 Å². The molecule has 0 bridgehead atoms. The average molecular weight is 364 g/mol. The average Bonchev–Trinajstić information content (AvgIpc) is 2.59. The summed E-state index contributed by atoms with van der Waals surface area (Å²) in [5.41, 5.74) is 6.51. The molecule has 0 radical (unpaired) electrons.